The molecule has 19 nitrogen and oxygen atoms in total. The SMILES string of the molecule is C.C=C.C=C(C)C(=O)O.C=C(C)C(=O)OC.C=C(C)C(O)O.C=C(C)C(O)OC.C=C(C)C(O)OC.C=C(C)C(OC)OC.C=C(C)C=O.C=CC=O.CCCCCCC.CO.CO.O.O.O. The number of aldehydes is 2. The molecule has 0 aliphatic rings. The Bertz CT molecular complexity index is 1070. The van der Waals surface area contributed by atoms with Crippen molar-refractivity contribution < 1.29 is 95.0 Å². The molecule has 0 aromatic heterocycles. The lowest BCUT2D eigenvalue weighted by atomic mass is 10.2. The molecule has 0 amide bonds. The number of ether oxygens (including phenoxy) is 5. The maximum atomic E-state index is 10.2. The highest BCUT2D eigenvalue weighted by atomic mass is 16.7. The summed E-state index contributed by atoms with van der Waals surface area (Å²) in [6.45, 7) is 48.7. The van der Waals surface area contributed by atoms with Crippen molar-refractivity contribution in [2.45, 2.75) is 127 Å². The van der Waals surface area contributed by atoms with Crippen molar-refractivity contribution in [3.05, 3.63) is 111 Å². The first-order valence-electron chi connectivity index (χ1n) is 18.8. The summed E-state index contributed by atoms with van der Waals surface area (Å²) in [5.74, 6) is -1.28. The molecule has 0 saturated heterocycles. The minimum Gasteiger partial charge on any atom is -0.478 e. The van der Waals surface area contributed by atoms with Crippen molar-refractivity contribution >= 4 is 24.5 Å². The van der Waals surface area contributed by atoms with Gasteiger partial charge in [0.1, 0.15) is 12.6 Å². The number of aliphatic hydroxyl groups is 6. The van der Waals surface area contributed by atoms with Crippen molar-refractivity contribution in [2.24, 2.45) is 0 Å². The van der Waals surface area contributed by atoms with E-state index in [4.69, 9.17) is 50.0 Å². The van der Waals surface area contributed by atoms with Gasteiger partial charge in [0.2, 0.25) is 0 Å². The average molecular weight is 983 g/mol. The van der Waals surface area contributed by atoms with E-state index in [-0.39, 0.29) is 41.7 Å². The maximum Gasteiger partial charge on any atom is 0.332 e. The van der Waals surface area contributed by atoms with Gasteiger partial charge in [0, 0.05) is 53.8 Å². The summed E-state index contributed by atoms with van der Waals surface area (Å²) < 4.78 is 22.9. The van der Waals surface area contributed by atoms with Crippen LogP contribution >= 0.6 is 0 Å². The monoisotopic (exact) mass is 983 g/mol. The summed E-state index contributed by atoms with van der Waals surface area (Å²) >= 11 is 0. The lowest BCUT2D eigenvalue weighted by Gasteiger charge is -2.11. The number of carboxylic acid groups (broad SMARTS) is 1. The minimum absolute atomic E-state index is 0. The van der Waals surface area contributed by atoms with Crippen LogP contribution in [0.15, 0.2) is 111 Å². The molecule has 0 heterocycles. The van der Waals surface area contributed by atoms with Crippen molar-refractivity contribution in [3.63, 3.8) is 0 Å². The van der Waals surface area contributed by atoms with E-state index >= 15 is 0 Å². The molecule has 67 heavy (non-hydrogen) atoms. The average Bonchev–Trinajstić information content (AvgIpc) is 3.26. The highest BCUT2D eigenvalue weighted by Gasteiger charge is 2.02. The van der Waals surface area contributed by atoms with Crippen molar-refractivity contribution in [1.82, 2.24) is 0 Å². The number of carbonyl (C=O) groups excluding carboxylic acids is 3. The van der Waals surface area contributed by atoms with Gasteiger partial charge in [-0.1, -0.05) is 106 Å². The molecule has 0 saturated carbocycles. The van der Waals surface area contributed by atoms with Crippen molar-refractivity contribution in [2.75, 3.05) is 49.8 Å². The number of aliphatic carboxylic acids is 1. The van der Waals surface area contributed by atoms with E-state index in [0.29, 0.717) is 34.2 Å². The van der Waals surface area contributed by atoms with Gasteiger partial charge in [-0.25, -0.2) is 9.59 Å². The molecule has 0 radical (unpaired) electrons. The molecule has 19 heteroatoms. The zero-order chi connectivity index (χ0) is 53.7. The number of hydrogen-bond donors (Lipinski definition) is 7. The first-order chi connectivity index (χ1) is 29.1. The molecule has 13 N–H and O–H groups in total. The number of rotatable bonds is 16. The van der Waals surface area contributed by atoms with Crippen LogP contribution in [0.5, 0.6) is 0 Å². The Hall–Kier alpha value is -4.58. The Balaban J connectivity index is -0.0000000306. The first kappa shape index (κ1) is 109. The Kier molecular flexibility index (Phi) is 163. The Morgan fingerprint density at radius 1 is 0.552 bits per heavy atom. The first-order valence-corrected chi connectivity index (χ1v) is 18.8. The number of unbranched alkanes of at least 4 members (excludes halogenated alkanes) is 4. The molecule has 0 aromatic rings. The predicted octanol–water partition coefficient (Wildman–Crippen LogP) is 5.78. The molecule has 0 aliphatic carbocycles. The topological polar surface area (TPSA) is 351 Å². The van der Waals surface area contributed by atoms with Gasteiger partial charge in [-0.2, -0.15) is 0 Å². The maximum absolute atomic E-state index is 10.2. The van der Waals surface area contributed by atoms with Crippen LogP contribution in [0.3, 0.4) is 0 Å². The zero-order valence-corrected chi connectivity index (χ0v) is 43.5. The highest BCUT2D eigenvalue weighted by Crippen LogP contribution is 2.01. The molecule has 0 spiro atoms. The smallest absolute Gasteiger partial charge is 0.332 e. The number of methoxy groups -OCH3 is 5. The van der Waals surface area contributed by atoms with E-state index in [1.54, 1.807) is 48.8 Å². The fourth-order valence-corrected chi connectivity index (χ4v) is 1.75. The zero-order valence-electron chi connectivity index (χ0n) is 43.5. The third-order valence-electron chi connectivity index (χ3n) is 4.96. The van der Waals surface area contributed by atoms with E-state index in [1.165, 1.54) is 66.4 Å². The molecule has 2 atom stereocenters. The third kappa shape index (κ3) is 163. The van der Waals surface area contributed by atoms with E-state index in [9.17, 15) is 14.4 Å². The van der Waals surface area contributed by atoms with Gasteiger partial charge in [-0.3, -0.25) is 9.59 Å². The predicted molar refractivity (Wildman–Crippen MR) is 277 cm³/mol. The summed E-state index contributed by atoms with van der Waals surface area (Å²) in [6.07, 6.45) is 6.40. The van der Waals surface area contributed by atoms with E-state index in [1.807, 2.05) is 6.92 Å². The van der Waals surface area contributed by atoms with Crippen molar-refractivity contribution in [1.29, 1.82) is 0 Å². The van der Waals surface area contributed by atoms with Crippen LogP contribution in [-0.4, -0.2) is 152 Å². The molecule has 2 unspecified atom stereocenters. The molecule has 0 rings (SSSR count). The van der Waals surface area contributed by atoms with Crippen LogP contribution in [-0.2, 0) is 42.9 Å². The molecule has 0 aromatic carbocycles. The van der Waals surface area contributed by atoms with Gasteiger partial charge in [0.25, 0.3) is 0 Å². The van der Waals surface area contributed by atoms with Crippen LogP contribution in [0.1, 0.15) is 102 Å². The van der Waals surface area contributed by atoms with Crippen LogP contribution in [0.4, 0.5) is 0 Å². The van der Waals surface area contributed by atoms with E-state index in [0.717, 1.165) is 26.1 Å². The summed E-state index contributed by atoms with van der Waals surface area (Å²) in [7, 11) is 9.36. The number of allylic oxidation sites excluding steroid dienone is 2. The standard InChI is InChI=1S/C7H16.C6H12O2.2C5H10O2.C5H8O2.C4H8O2.C4H6O2.C4H6O.C3H4O.C2H4.2CH4O.CH4.3H2O/c1-3-5-7-6-4-2;1-5(2)6(7-3)8-4;3*1-4(2)5(6)7-3;2*1-3(2)4(5)6;1-4(2)3-5;1-2-3-4;3*1-2;;;;/h3-7H2,1-2H3;6H,1H2,2-4H3;2*5-6H,1H2,2-3H3;1H2,2-3H3;4-6H,1H2,2H3;1H2,2H3,(H,5,6);3H,1H2,2H3;2-3H,1H2;1-2H2;2*2H,1H3;1H4;3*1H2. The van der Waals surface area contributed by atoms with Gasteiger partial charge in [-0.05, 0) is 82.4 Å². The number of carboxylic acids is 1. The fourth-order valence-electron chi connectivity index (χ4n) is 1.75. The number of carbonyl (C=O) groups is 4. The second-order valence-corrected chi connectivity index (χ2v) is 11.5. The minimum atomic E-state index is -1.34. The molecule has 408 valence electrons. The normalized spacial score (nSPS) is 8.36. The van der Waals surface area contributed by atoms with Gasteiger partial charge in [0.05, 0.1) is 7.11 Å². The largest absolute Gasteiger partial charge is 0.478 e. The summed E-state index contributed by atoms with van der Waals surface area (Å²) in [4.78, 5) is 38.2. The molecular formula is C48H102O19. The second-order valence-electron chi connectivity index (χ2n) is 11.5. The lowest BCUT2D eigenvalue weighted by Crippen LogP contribution is -2.12. The van der Waals surface area contributed by atoms with Crippen LogP contribution < -0.4 is 0 Å². The summed E-state index contributed by atoms with van der Waals surface area (Å²) in [5.41, 5.74) is 3.69. The lowest BCUT2D eigenvalue weighted by molar-refractivity contribution is -0.136. The quantitative estimate of drug-likeness (QED) is 0.0240. The van der Waals surface area contributed by atoms with Gasteiger partial charge >= 0.3 is 11.9 Å². The molecular weight excluding hydrogens is 881 g/mol. The second kappa shape index (κ2) is 99.7. The number of esters is 1. The van der Waals surface area contributed by atoms with E-state index < -0.39 is 24.8 Å². The highest BCUT2D eigenvalue weighted by molar-refractivity contribution is 5.86. The van der Waals surface area contributed by atoms with Crippen LogP contribution in [0.2, 0.25) is 0 Å². The number of aliphatic hydroxyl groups excluding tert-OH is 5. The number of hydrogen-bond acceptors (Lipinski definition) is 15. The van der Waals surface area contributed by atoms with E-state index in [2.05, 4.69) is 93.8 Å². The summed E-state index contributed by atoms with van der Waals surface area (Å²) in [6, 6.07) is 0. The van der Waals surface area contributed by atoms with Gasteiger partial charge in [-0.15, -0.1) is 13.2 Å². The Labute approximate surface area is 406 Å². The van der Waals surface area contributed by atoms with Gasteiger partial charge < -0.3 is 75.9 Å². The summed E-state index contributed by atoms with van der Waals surface area (Å²) in [5, 5.41) is 55.3. The molecule has 0 aliphatic heterocycles. The van der Waals surface area contributed by atoms with Crippen LogP contribution in [0.25, 0.3) is 0 Å². The molecule has 0 bridgehead atoms. The molecule has 0 fully saturated rings. The van der Waals surface area contributed by atoms with Gasteiger partial charge in [0.15, 0.2) is 25.2 Å². The van der Waals surface area contributed by atoms with Crippen LogP contribution in [0, 0.1) is 0 Å². The fraction of sp³-hybridized carbons (Fsp3) is 0.542. The van der Waals surface area contributed by atoms with Crippen molar-refractivity contribution in [3.8, 4) is 0 Å². The Morgan fingerprint density at radius 2 is 0.791 bits per heavy atom. The Morgan fingerprint density at radius 3 is 0.821 bits per heavy atom. The third-order valence-corrected chi connectivity index (χ3v) is 4.96.